The summed E-state index contributed by atoms with van der Waals surface area (Å²) in [6.07, 6.45) is -0.387. The summed E-state index contributed by atoms with van der Waals surface area (Å²) in [6, 6.07) is 5.88. The number of hydrogen-bond donors (Lipinski definition) is 2. The third kappa shape index (κ3) is 3.73. The van der Waals surface area contributed by atoms with Crippen molar-refractivity contribution < 1.29 is 13.3 Å². The molecule has 0 spiro atoms. The molecule has 0 amide bonds. The first-order valence-corrected chi connectivity index (χ1v) is 6.42. The average molecular weight is 265 g/mol. The second-order valence-electron chi connectivity index (χ2n) is 3.25. The number of nitrogens with two attached hydrogens (primary N) is 1. The highest BCUT2D eigenvalue weighted by molar-refractivity contribution is 7.89. The molecule has 16 heavy (non-hydrogen) atoms. The van der Waals surface area contributed by atoms with E-state index in [1.54, 1.807) is 6.92 Å². The Bertz CT molecular complexity index is 433. The zero-order chi connectivity index (χ0) is 12.2. The standard InChI is InChI=1S/C9H13ClN2O3S/c1-7(15-11)6-12-16(13,14)9-4-2-8(10)3-5-9/h2-5,7,12H,6,11H2,1H3. The van der Waals surface area contributed by atoms with Crippen molar-refractivity contribution in [2.75, 3.05) is 6.54 Å². The summed E-state index contributed by atoms with van der Waals surface area (Å²) in [6.45, 7) is 1.77. The van der Waals surface area contributed by atoms with Crippen LogP contribution in [-0.4, -0.2) is 21.1 Å². The van der Waals surface area contributed by atoms with Gasteiger partial charge in [0.05, 0.1) is 11.0 Å². The molecule has 0 aromatic heterocycles. The Balaban J connectivity index is 2.74. The van der Waals surface area contributed by atoms with Crippen molar-refractivity contribution in [1.82, 2.24) is 4.72 Å². The summed E-state index contributed by atoms with van der Waals surface area (Å²) in [7, 11) is -3.53. The lowest BCUT2D eigenvalue weighted by molar-refractivity contribution is 0.0702. The SMILES string of the molecule is CC(CNS(=O)(=O)c1ccc(Cl)cc1)ON. The van der Waals surface area contributed by atoms with E-state index in [9.17, 15) is 8.42 Å². The van der Waals surface area contributed by atoms with Crippen LogP contribution in [0.2, 0.25) is 5.02 Å². The lowest BCUT2D eigenvalue weighted by Gasteiger charge is -2.10. The molecule has 0 saturated carbocycles. The number of halogens is 1. The van der Waals surface area contributed by atoms with E-state index in [0.717, 1.165) is 0 Å². The van der Waals surface area contributed by atoms with E-state index in [0.29, 0.717) is 5.02 Å². The van der Waals surface area contributed by atoms with Crippen LogP contribution in [0.1, 0.15) is 6.92 Å². The summed E-state index contributed by atoms with van der Waals surface area (Å²) >= 11 is 5.66. The molecule has 3 N–H and O–H groups in total. The van der Waals surface area contributed by atoms with Gasteiger partial charge in [-0.15, -0.1) is 0 Å². The Kier molecular flexibility index (Phi) is 4.69. The maximum Gasteiger partial charge on any atom is 0.240 e. The Morgan fingerprint density at radius 3 is 2.50 bits per heavy atom. The fraction of sp³-hybridized carbons (Fsp3) is 0.333. The number of hydrogen-bond acceptors (Lipinski definition) is 4. The van der Waals surface area contributed by atoms with Gasteiger partial charge in [0.15, 0.2) is 0 Å². The van der Waals surface area contributed by atoms with Crippen LogP contribution in [0.25, 0.3) is 0 Å². The second-order valence-corrected chi connectivity index (χ2v) is 5.46. The van der Waals surface area contributed by atoms with Gasteiger partial charge in [-0.2, -0.15) is 0 Å². The highest BCUT2D eigenvalue weighted by Crippen LogP contribution is 2.13. The van der Waals surface area contributed by atoms with E-state index in [1.165, 1.54) is 24.3 Å². The predicted molar refractivity (Wildman–Crippen MR) is 61.4 cm³/mol. The first-order chi connectivity index (χ1) is 7.45. The summed E-state index contributed by atoms with van der Waals surface area (Å²) in [5.41, 5.74) is 0. The van der Waals surface area contributed by atoms with Crippen LogP contribution in [0.4, 0.5) is 0 Å². The van der Waals surface area contributed by atoms with Crippen LogP contribution in [0.5, 0.6) is 0 Å². The topological polar surface area (TPSA) is 81.4 Å². The lowest BCUT2D eigenvalue weighted by atomic mass is 10.4. The largest absolute Gasteiger partial charge is 0.300 e. The molecule has 1 aromatic carbocycles. The van der Waals surface area contributed by atoms with E-state index in [1.807, 2.05) is 0 Å². The fourth-order valence-electron chi connectivity index (χ4n) is 0.972. The maximum atomic E-state index is 11.7. The molecule has 0 bridgehead atoms. The predicted octanol–water partition coefficient (Wildman–Crippen LogP) is 0.897. The number of benzene rings is 1. The molecule has 0 heterocycles. The van der Waals surface area contributed by atoms with Crippen molar-refractivity contribution in [3.05, 3.63) is 29.3 Å². The fourth-order valence-corrected chi connectivity index (χ4v) is 2.21. The summed E-state index contributed by atoms with van der Waals surface area (Å²) < 4.78 is 25.8. The summed E-state index contributed by atoms with van der Waals surface area (Å²) in [5.74, 6) is 4.91. The molecule has 0 radical (unpaired) electrons. The van der Waals surface area contributed by atoms with E-state index in [2.05, 4.69) is 9.56 Å². The summed E-state index contributed by atoms with van der Waals surface area (Å²) in [5, 5.41) is 0.484. The van der Waals surface area contributed by atoms with Crippen molar-refractivity contribution >= 4 is 21.6 Å². The molecule has 0 aliphatic rings. The van der Waals surface area contributed by atoms with Crippen molar-refractivity contribution in [3.8, 4) is 0 Å². The van der Waals surface area contributed by atoms with Crippen LogP contribution in [0.3, 0.4) is 0 Å². The third-order valence-corrected chi connectivity index (χ3v) is 3.61. The van der Waals surface area contributed by atoms with Gasteiger partial charge in [-0.05, 0) is 31.2 Å². The van der Waals surface area contributed by atoms with Gasteiger partial charge in [-0.3, -0.25) is 0 Å². The van der Waals surface area contributed by atoms with Gasteiger partial charge in [-0.1, -0.05) is 11.6 Å². The lowest BCUT2D eigenvalue weighted by Crippen LogP contribution is -2.33. The number of rotatable bonds is 5. The molecule has 90 valence electrons. The van der Waals surface area contributed by atoms with Crippen LogP contribution in [0, 0.1) is 0 Å². The van der Waals surface area contributed by atoms with Crippen LogP contribution < -0.4 is 10.6 Å². The van der Waals surface area contributed by atoms with Crippen molar-refractivity contribution in [2.45, 2.75) is 17.9 Å². The normalized spacial score (nSPS) is 13.7. The molecule has 1 atom stereocenters. The molecule has 0 saturated heterocycles. The van der Waals surface area contributed by atoms with Crippen molar-refractivity contribution in [1.29, 1.82) is 0 Å². The molecule has 1 aromatic rings. The third-order valence-electron chi connectivity index (χ3n) is 1.92. The van der Waals surface area contributed by atoms with Crippen molar-refractivity contribution in [2.24, 2.45) is 5.90 Å². The van der Waals surface area contributed by atoms with Crippen LogP contribution >= 0.6 is 11.6 Å². The quantitative estimate of drug-likeness (QED) is 0.774. The molecule has 0 aliphatic heterocycles. The van der Waals surface area contributed by atoms with Gasteiger partial charge < -0.3 is 4.84 Å². The minimum absolute atomic E-state index is 0.113. The smallest absolute Gasteiger partial charge is 0.240 e. The molecular formula is C9H13ClN2O3S. The molecule has 0 aliphatic carbocycles. The van der Waals surface area contributed by atoms with Gasteiger partial charge in [0.1, 0.15) is 0 Å². The number of nitrogens with one attached hydrogen (secondary N) is 1. The van der Waals surface area contributed by atoms with Gasteiger partial charge >= 0.3 is 0 Å². The Labute approximate surface area is 99.5 Å². The summed E-state index contributed by atoms with van der Waals surface area (Å²) in [4.78, 5) is 4.61. The average Bonchev–Trinajstić information content (AvgIpc) is 2.26. The zero-order valence-corrected chi connectivity index (χ0v) is 10.3. The highest BCUT2D eigenvalue weighted by atomic mass is 35.5. The van der Waals surface area contributed by atoms with Gasteiger partial charge in [-0.25, -0.2) is 19.0 Å². The molecule has 0 fully saturated rings. The second kappa shape index (κ2) is 5.60. The van der Waals surface area contributed by atoms with Crippen LogP contribution in [0.15, 0.2) is 29.2 Å². The zero-order valence-electron chi connectivity index (χ0n) is 8.68. The highest BCUT2D eigenvalue weighted by Gasteiger charge is 2.14. The van der Waals surface area contributed by atoms with E-state index in [-0.39, 0.29) is 17.5 Å². The molecule has 1 rings (SSSR count). The minimum atomic E-state index is -3.53. The Morgan fingerprint density at radius 1 is 1.44 bits per heavy atom. The first-order valence-electron chi connectivity index (χ1n) is 4.56. The van der Waals surface area contributed by atoms with E-state index in [4.69, 9.17) is 17.5 Å². The van der Waals surface area contributed by atoms with Gasteiger partial charge in [0.25, 0.3) is 0 Å². The van der Waals surface area contributed by atoms with Gasteiger partial charge in [0.2, 0.25) is 10.0 Å². The molecule has 5 nitrogen and oxygen atoms in total. The van der Waals surface area contributed by atoms with E-state index >= 15 is 0 Å². The maximum absolute atomic E-state index is 11.7. The number of sulfonamides is 1. The monoisotopic (exact) mass is 264 g/mol. The van der Waals surface area contributed by atoms with Crippen LogP contribution in [-0.2, 0) is 14.9 Å². The van der Waals surface area contributed by atoms with Crippen molar-refractivity contribution in [3.63, 3.8) is 0 Å². The molecule has 7 heteroatoms. The molecular weight excluding hydrogens is 252 g/mol. The Morgan fingerprint density at radius 2 is 2.00 bits per heavy atom. The van der Waals surface area contributed by atoms with E-state index < -0.39 is 10.0 Å². The van der Waals surface area contributed by atoms with Gasteiger partial charge in [0, 0.05) is 11.6 Å². The molecule has 1 unspecified atom stereocenters. The first kappa shape index (κ1) is 13.4. The Hall–Kier alpha value is -0.660. The minimum Gasteiger partial charge on any atom is -0.300 e.